The SMILES string of the molecule is N#Cc1c(-n2c3ccccc3c3cc(-n4c5ccccc5c5ccccc54)ccc32)ccc(-n2c3ccccc3c3c4oc5ccccc5c4ccc32)c1C#N. The van der Waals surface area contributed by atoms with Gasteiger partial charge >= 0.3 is 0 Å². The van der Waals surface area contributed by atoms with Crippen molar-refractivity contribution >= 4 is 87.4 Å². The van der Waals surface area contributed by atoms with Crippen molar-refractivity contribution in [1.82, 2.24) is 13.7 Å². The summed E-state index contributed by atoms with van der Waals surface area (Å²) < 4.78 is 13.1. The number of para-hydroxylation sites is 5. The number of fused-ring (bicyclic) bond motifs is 13. The molecule has 4 heterocycles. The molecule has 12 aromatic rings. The highest BCUT2D eigenvalue weighted by atomic mass is 16.3. The van der Waals surface area contributed by atoms with Crippen LogP contribution in [0, 0.1) is 22.7 Å². The van der Waals surface area contributed by atoms with Crippen LogP contribution in [0.1, 0.15) is 11.1 Å². The van der Waals surface area contributed by atoms with Gasteiger partial charge < -0.3 is 18.1 Å². The van der Waals surface area contributed by atoms with Crippen LogP contribution < -0.4 is 0 Å². The third kappa shape index (κ3) is 3.92. The Morgan fingerprint density at radius 1 is 0.375 bits per heavy atom. The first-order chi connectivity index (χ1) is 27.7. The molecular weight excluding hydrogens is 687 g/mol. The molecule has 12 rings (SSSR count). The highest BCUT2D eigenvalue weighted by Crippen LogP contribution is 2.43. The lowest BCUT2D eigenvalue weighted by Crippen LogP contribution is -2.05. The second-order valence-electron chi connectivity index (χ2n) is 14.3. The van der Waals surface area contributed by atoms with Gasteiger partial charge in [0.2, 0.25) is 0 Å². The van der Waals surface area contributed by atoms with Crippen LogP contribution in [-0.4, -0.2) is 13.7 Å². The zero-order chi connectivity index (χ0) is 37.1. The van der Waals surface area contributed by atoms with Crippen LogP contribution in [0.2, 0.25) is 0 Å². The van der Waals surface area contributed by atoms with Gasteiger partial charge in [0.25, 0.3) is 0 Å². The molecule has 0 fully saturated rings. The first-order valence-electron chi connectivity index (χ1n) is 18.6. The van der Waals surface area contributed by atoms with E-state index in [0.717, 1.165) is 82.3 Å². The van der Waals surface area contributed by atoms with Gasteiger partial charge in [-0.2, -0.15) is 10.5 Å². The average molecular weight is 714 g/mol. The Labute approximate surface area is 319 Å². The zero-order valence-corrected chi connectivity index (χ0v) is 29.7. The molecule has 258 valence electrons. The Hall–Kier alpha value is -8.06. The standard InChI is InChI=1S/C50H27N5O/c51-28-38-39(29-52)46(55-43-19-9-4-15-36(43)49-47(55)24-22-35-34-14-5-10-20-48(34)56-50(35)49)26-25-45(38)54-42-18-8-3-13-33(42)37-27-30(21-23-44(37)54)53-40-16-6-1-11-31(40)32-12-2-7-17-41(32)53/h1-27H. The van der Waals surface area contributed by atoms with Crippen molar-refractivity contribution in [3.63, 3.8) is 0 Å². The predicted octanol–water partition coefficient (Wildman–Crippen LogP) is 12.6. The fourth-order valence-electron chi connectivity index (χ4n) is 9.23. The van der Waals surface area contributed by atoms with E-state index in [1.165, 1.54) is 10.8 Å². The molecule has 0 aliphatic carbocycles. The second-order valence-corrected chi connectivity index (χ2v) is 14.3. The van der Waals surface area contributed by atoms with Crippen LogP contribution in [-0.2, 0) is 0 Å². The Kier molecular flexibility index (Phi) is 6.10. The average Bonchev–Trinajstić information content (AvgIpc) is 3.99. The molecule has 0 amide bonds. The maximum atomic E-state index is 11.0. The van der Waals surface area contributed by atoms with Gasteiger partial charge in [-0.1, -0.05) is 91.0 Å². The van der Waals surface area contributed by atoms with Gasteiger partial charge in [0.1, 0.15) is 23.3 Å². The third-order valence-corrected chi connectivity index (χ3v) is 11.5. The molecule has 0 saturated carbocycles. The van der Waals surface area contributed by atoms with Gasteiger partial charge in [-0.05, 0) is 72.8 Å². The third-order valence-electron chi connectivity index (χ3n) is 11.5. The summed E-state index contributed by atoms with van der Waals surface area (Å²) in [6.07, 6.45) is 0. The monoisotopic (exact) mass is 713 g/mol. The van der Waals surface area contributed by atoms with E-state index in [9.17, 15) is 10.5 Å². The van der Waals surface area contributed by atoms with Crippen LogP contribution in [0.25, 0.3) is 104 Å². The molecule has 0 aliphatic rings. The summed E-state index contributed by atoms with van der Waals surface area (Å²) in [5, 5.41) is 30.6. The van der Waals surface area contributed by atoms with Gasteiger partial charge in [-0.15, -0.1) is 0 Å². The van der Waals surface area contributed by atoms with E-state index in [4.69, 9.17) is 4.42 Å². The van der Waals surface area contributed by atoms with E-state index in [1.807, 2.05) is 48.5 Å². The summed E-state index contributed by atoms with van der Waals surface area (Å²) in [6.45, 7) is 0. The minimum absolute atomic E-state index is 0.310. The molecule has 0 atom stereocenters. The summed E-state index contributed by atoms with van der Waals surface area (Å²) in [4.78, 5) is 0. The number of benzene rings is 8. The molecule has 0 N–H and O–H groups in total. The second kappa shape index (κ2) is 11.2. The first-order valence-corrected chi connectivity index (χ1v) is 18.6. The lowest BCUT2D eigenvalue weighted by molar-refractivity contribution is 0.673. The summed E-state index contributed by atoms with van der Waals surface area (Å²) in [5.41, 5.74) is 10.6. The van der Waals surface area contributed by atoms with E-state index in [-0.39, 0.29) is 0 Å². The maximum absolute atomic E-state index is 11.0. The van der Waals surface area contributed by atoms with E-state index in [0.29, 0.717) is 22.5 Å². The molecule has 0 radical (unpaired) electrons. The fraction of sp³-hybridized carbons (Fsp3) is 0. The molecule has 6 heteroatoms. The molecule has 6 nitrogen and oxygen atoms in total. The fourth-order valence-corrected chi connectivity index (χ4v) is 9.23. The quantitative estimate of drug-likeness (QED) is 0.183. The predicted molar refractivity (Wildman–Crippen MR) is 226 cm³/mol. The highest BCUT2D eigenvalue weighted by molar-refractivity contribution is 6.24. The number of hydrogen-bond acceptors (Lipinski definition) is 3. The molecule has 8 aromatic carbocycles. The summed E-state index contributed by atoms with van der Waals surface area (Å²) in [5.74, 6) is 0. The van der Waals surface area contributed by atoms with Crippen LogP contribution in [0.3, 0.4) is 0 Å². The Morgan fingerprint density at radius 2 is 0.839 bits per heavy atom. The lowest BCUT2D eigenvalue weighted by Gasteiger charge is -2.16. The highest BCUT2D eigenvalue weighted by Gasteiger charge is 2.24. The molecule has 0 unspecified atom stereocenters. The molecule has 0 spiro atoms. The van der Waals surface area contributed by atoms with E-state index < -0.39 is 0 Å². The number of furan rings is 1. The van der Waals surface area contributed by atoms with Crippen LogP contribution in [0.5, 0.6) is 0 Å². The number of nitriles is 2. The van der Waals surface area contributed by atoms with E-state index >= 15 is 0 Å². The van der Waals surface area contributed by atoms with Crippen molar-refractivity contribution in [2.75, 3.05) is 0 Å². The van der Waals surface area contributed by atoms with Gasteiger partial charge in [-0.25, -0.2) is 0 Å². The Bertz CT molecular complexity index is 3690. The van der Waals surface area contributed by atoms with E-state index in [1.54, 1.807) is 0 Å². The Morgan fingerprint density at radius 3 is 1.46 bits per heavy atom. The maximum Gasteiger partial charge on any atom is 0.145 e. The van der Waals surface area contributed by atoms with Crippen molar-refractivity contribution in [3.05, 3.63) is 175 Å². The van der Waals surface area contributed by atoms with Crippen molar-refractivity contribution in [2.24, 2.45) is 0 Å². The topological polar surface area (TPSA) is 75.5 Å². The summed E-state index contributed by atoms with van der Waals surface area (Å²) in [6, 6.07) is 61.2. The van der Waals surface area contributed by atoms with Crippen LogP contribution >= 0.6 is 0 Å². The van der Waals surface area contributed by atoms with Crippen molar-refractivity contribution in [1.29, 1.82) is 10.5 Å². The number of nitrogens with zero attached hydrogens (tertiary/aromatic N) is 5. The molecule has 56 heavy (non-hydrogen) atoms. The molecular formula is C50H27N5O. The minimum atomic E-state index is 0.310. The van der Waals surface area contributed by atoms with Crippen molar-refractivity contribution in [3.8, 4) is 29.2 Å². The van der Waals surface area contributed by atoms with Crippen molar-refractivity contribution in [2.45, 2.75) is 0 Å². The first kappa shape index (κ1) is 30.4. The molecule has 4 aromatic heterocycles. The molecule has 0 aliphatic heterocycles. The smallest absolute Gasteiger partial charge is 0.145 e. The van der Waals surface area contributed by atoms with Gasteiger partial charge in [0, 0.05) is 43.4 Å². The molecule has 0 bridgehead atoms. The normalized spacial score (nSPS) is 11.9. The van der Waals surface area contributed by atoms with E-state index in [2.05, 4.69) is 141 Å². The van der Waals surface area contributed by atoms with Crippen LogP contribution in [0.4, 0.5) is 0 Å². The minimum Gasteiger partial charge on any atom is -0.455 e. The lowest BCUT2D eigenvalue weighted by atomic mass is 10.0. The number of aromatic nitrogens is 3. The van der Waals surface area contributed by atoms with Crippen LogP contribution in [0.15, 0.2) is 168 Å². The summed E-state index contributed by atoms with van der Waals surface area (Å²) >= 11 is 0. The van der Waals surface area contributed by atoms with Gasteiger partial charge in [0.15, 0.2) is 0 Å². The number of rotatable bonds is 3. The zero-order valence-electron chi connectivity index (χ0n) is 29.7. The Balaban J connectivity index is 1.11. The summed E-state index contributed by atoms with van der Waals surface area (Å²) in [7, 11) is 0. The van der Waals surface area contributed by atoms with Gasteiger partial charge in [0.05, 0.1) is 61.0 Å². The van der Waals surface area contributed by atoms with Gasteiger partial charge in [-0.3, -0.25) is 0 Å². The van der Waals surface area contributed by atoms with Crippen molar-refractivity contribution < 1.29 is 4.42 Å². The number of hydrogen-bond donors (Lipinski definition) is 0. The molecule has 0 saturated heterocycles. The largest absolute Gasteiger partial charge is 0.455 e.